The second-order valence-corrected chi connectivity index (χ2v) is 9.51. The monoisotopic (exact) mass is 482 g/mol. The molecule has 0 aliphatic carbocycles. The summed E-state index contributed by atoms with van der Waals surface area (Å²) < 4.78 is 34.3. The summed E-state index contributed by atoms with van der Waals surface area (Å²) in [4.78, 5) is 12.8. The molecule has 0 bridgehead atoms. The average molecular weight is 483 g/mol. The van der Waals surface area contributed by atoms with Gasteiger partial charge in [0.25, 0.3) is 0 Å². The molecule has 0 saturated heterocycles. The number of hydrogen-bond donors (Lipinski definition) is 2. The number of rotatable bonds is 11. The Morgan fingerprint density at radius 3 is 2.34 bits per heavy atom. The molecule has 8 heteroatoms. The van der Waals surface area contributed by atoms with Gasteiger partial charge in [-0.15, -0.1) is 0 Å². The third-order valence-electron chi connectivity index (χ3n) is 4.09. The molecule has 0 aromatic heterocycles. The van der Waals surface area contributed by atoms with E-state index in [9.17, 15) is 13.2 Å². The molecule has 2 aromatic carbocycles. The van der Waals surface area contributed by atoms with Gasteiger partial charge in [0.15, 0.2) is 0 Å². The number of carbonyl (C=O) groups excluding carboxylic acids is 1. The first kappa shape index (κ1) is 23.5. The number of halogens is 1. The Labute approximate surface area is 181 Å². The molecule has 0 radical (unpaired) electrons. The smallest absolute Gasteiger partial charge is 0.241 e. The topological polar surface area (TPSA) is 84.5 Å². The van der Waals surface area contributed by atoms with Gasteiger partial charge in [0, 0.05) is 17.6 Å². The Bertz CT molecular complexity index is 871. The van der Waals surface area contributed by atoms with Crippen LogP contribution < -0.4 is 10.0 Å². The fraction of sp³-hybridized carbons (Fsp3) is 0.381. The van der Waals surface area contributed by atoms with Crippen LogP contribution in [0.2, 0.25) is 0 Å². The van der Waals surface area contributed by atoms with Crippen LogP contribution in [0.3, 0.4) is 0 Å². The van der Waals surface area contributed by atoms with Crippen LogP contribution in [0, 0.1) is 0 Å². The van der Waals surface area contributed by atoms with E-state index in [2.05, 4.69) is 26.0 Å². The second kappa shape index (κ2) is 11.4. The van der Waals surface area contributed by atoms with Crippen LogP contribution in [-0.2, 0) is 26.0 Å². The molecule has 0 spiro atoms. The number of benzene rings is 2. The molecular weight excluding hydrogens is 456 g/mol. The molecule has 0 heterocycles. The van der Waals surface area contributed by atoms with Crippen molar-refractivity contribution in [3.63, 3.8) is 0 Å². The molecule has 2 aromatic rings. The van der Waals surface area contributed by atoms with E-state index in [1.54, 1.807) is 12.1 Å². The van der Waals surface area contributed by atoms with Crippen LogP contribution in [-0.4, -0.2) is 39.6 Å². The number of hydrogen-bond acceptors (Lipinski definition) is 4. The summed E-state index contributed by atoms with van der Waals surface area (Å²) in [7, 11) is -3.84. The second-order valence-electron chi connectivity index (χ2n) is 6.88. The number of amides is 1. The first-order valence-corrected chi connectivity index (χ1v) is 11.8. The van der Waals surface area contributed by atoms with Gasteiger partial charge in [-0.3, -0.25) is 4.79 Å². The third-order valence-corrected chi connectivity index (χ3v) is 6.11. The molecule has 2 rings (SSSR count). The number of ether oxygens (including phenoxy) is 1. The SMILES string of the molecule is CC(C)OCCCNC(=O)[C@H](Cc1ccccc1)NS(=O)(=O)c1ccc(Br)cc1. The lowest BCUT2D eigenvalue weighted by atomic mass is 10.1. The predicted molar refractivity (Wildman–Crippen MR) is 117 cm³/mol. The quantitative estimate of drug-likeness (QED) is 0.481. The molecule has 2 N–H and O–H groups in total. The summed E-state index contributed by atoms with van der Waals surface area (Å²) in [5, 5.41) is 2.81. The Morgan fingerprint density at radius 2 is 1.72 bits per heavy atom. The molecule has 29 heavy (non-hydrogen) atoms. The van der Waals surface area contributed by atoms with Gasteiger partial charge in [-0.25, -0.2) is 8.42 Å². The molecule has 0 aliphatic rings. The highest BCUT2D eigenvalue weighted by molar-refractivity contribution is 9.10. The summed E-state index contributed by atoms with van der Waals surface area (Å²) in [6, 6.07) is 14.7. The van der Waals surface area contributed by atoms with E-state index >= 15 is 0 Å². The first-order chi connectivity index (χ1) is 13.8. The van der Waals surface area contributed by atoms with Crippen molar-refractivity contribution in [1.82, 2.24) is 10.0 Å². The Hall–Kier alpha value is -1.74. The molecule has 6 nitrogen and oxygen atoms in total. The molecule has 0 aliphatic heterocycles. The maximum Gasteiger partial charge on any atom is 0.241 e. The lowest BCUT2D eigenvalue weighted by molar-refractivity contribution is -0.122. The van der Waals surface area contributed by atoms with Gasteiger partial charge in [-0.2, -0.15) is 4.72 Å². The van der Waals surface area contributed by atoms with Crippen molar-refractivity contribution >= 4 is 31.9 Å². The highest BCUT2D eigenvalue weighted by Crippen LogP contribution is 2.15. The average Bonchev–Trinajstić information content (AvgIpc) is 2.68. The first-order valence-electron chi connectivity index (χ1n) is 9.49. The van der Waals surface area contributed by atoms with E-state index < -0.39 is 16.1 Å². The summed E-state index contributed by atoms with van der Waals surface area (Å²) >= 11 is 3.29. The van der Waals surface area contributed by atoms with Crippen LogP contribution in [0.15, 0.2) is 64.0 Å². The number of carbonyl (C=O) groups is 1. The van der Waals surface area contributed by atoms with E-state index in [0.717, 1.165) is 10.0 Å². The maximum absolute atomic E-state index is 12.8. The van der Waals surface area contributed by atoms with Gasteiger partial charge in [0.1, 0.15) is 6.04 Å². The highest BCUT2D eigenvalue weighted by Gasteiger charge is 2.26. The molecular formula is C21H27BrN2O4S. The molecule has 0 unspecified atom stereocenters. The van der Waals surface area contributed by atoms with E-state index in [1.165, 1.54) is 12.1 Å². The minimum atomic E-state index is -3.84. The standard InChI is InChI=1S/C21H27BrN2O4S/c1-16(2)28-14-6-13-23-21(25)20(15-17-7-4-3-5-8-17)24-29(26,27)19-11-9-18(22)10-12-19/h3-5,7-12,16,20,24H,6,13-15H2,1-2H3,(H,23,25)/t20-/m0/s1. The third kappa shape index (κ3) is 8.26. The van der Waals surface area contributed by atoms with Crippen LogP contribution >= 0.6 is 15.9 Å². The van der Waals surface area contributed by atoms with Crippen molar-refractivity contribution in [2.75, 3.05) is 13.2 Å². The van der Waals surface area contributed by atoms with Crippen molar-refractivity contribution in [3.05, 3.63) is 64.6 Å². The van der Waals surface area contributed by atoms with Gasteiger partial charge in [0.2, 0.25) is 15.9 Å². The van der Waals surface area contributed by atoms with E-state index in [1.807, 2.05) is 44.2 Å². The van der Waals surface area contributed by atoms with Crippen molar-refractivity contribution < 1.29 is 17.9 Å². The number of sulfonamides is 1. The highest BCUT2D eigenvalue weighted by atomic mass is 79.9. The molecule has 0 fully saturated rings. The summed E-state index contributed by atoms with van der Waals surface area (Å²) in [5.74, 6) is -0.362. The van der Waals surface area contributed by atoms with Crippen LogP contribution in [0.25, 0.3) is 0 Å². The molecule has 1 amide bonds. The van der Waals surface area contributed by atoms with Crippen LogP contribution in [0.1, 0.15) is 25.8 Å². The largest absolute Gasteiger partial charge is 0.379 e. The zero-order chi connectivity index (χ0) is 21.3. The molecule has 0 saturated carbocycles. The van der Waals surface area contributed by atoms with Gasteiger partial charge in [-0.05, 0) is 56.5 Å². The van der Waals surface area contributed by atoms with Crippen molar-refractivity contribution in [2.24, 2.45) is 0 Å². The Balaban J connectivity index is 2.08. The number of nitrogens with one attached hydrogen (secondary N) is 2. The minimum Gasteiger partial charge on any atom is -0.379 e. The van der Waals surface area contributed by atoms with Gasteiger partial charge in [0.05, 0.1) is 11.0 Å². The molecule has 158 valence electrons. The van der Waals surface area contributed by atoms with Crippen molar-refractivity contribution in [2.45, 2.75) is 43.7 Å². The van der Waals surface area contributed by atoms with Crippen LogP contribution in [0.4, 0.5) is 0 Å². The van der Waals surface area contributed by atoms with E-state index in [4.69, 9.17) is 4.74 Å². The summed E-state index contributed by atoms with van der Waals surface area (Å²) in [6.07, 6.45) is 1.04. The van der Waals surface area contributed by atoms with E-state index in [0.29, 0.717) is 19.6 Å². The van der Waals surface area contributed by atoms with Gasteiger partial charge >= 0.3 is 0 Å². The summed E-state index contributed by atoms with van der Waals surface area (Å²) in [6.45, 7) is 4.85. The molecule has 1 atom stereocenters. The lowest BCUT2D eigenvalue weighted by Gasteiger charge is -2.19. The van der Waals surface area contributed by atoms with Crippen molar-refractivity contribution in [3.8, 4) is 0 Å². The Kier molecular flexibility index (Phi) is 9.29. The zero-order valence-corrected chi connectivity index (χ0v) is 19.0. The Morgan fingerprint density at radius 1 is 1.07 bits per heavy atom. The maximum atomic E-state index is 12.8. The van der Waals surface area contributed by atoms with Gasteiger partial charge < -0.3 is 10.1 Å². The minimum absolute atomic E-state index is 0.108. The van der Waals surface area contributed by atoms with E-state index in [-0.39, 0.29) is 23.3 Å². The fourth-order valence-electron chi connectivity index (χ4n) is 2.63. The van der Waals surface area contributed by atoms with Crippen molar-refractivity contribution in [1.29, 1.82) is 0 Å². The normalized spacial score (nSPS) is 12.7. The fourth-order valence-corrected chi connectivity index (χ4v) is 4.09. The van der Waals surface area contributed by atoms with Gasteiger partial charge in [-0.1, -0.05) is 46.3 Å². The van der Waals surface area contributed by atoms with Crippen LogP contribution in [0.5, 0.6) is 0 Å². The summed E-state index contributed by atoms with van der Waals surface area (Å²) in [5.41, 5.74) is 0.870. The predicted octanol–water partition coefficient (Wildman–Crippen LogP) is 3.27. The zero-order valence-electron chi connectivity index (χ0n) is 16.6. The lowest BCUT2D eigenvalue weighted by Crippen LogP contribution is -2.48.